The Bertz CT molecular complexity index is 110. The van der Waals surface area contributed by atoms with Gasteiger partial charge in [0, 0.05) is 12.6 Å². The van der Waals surface area contributed by atoms with Crippen molar-refractivity contribution < 1.29 is 5.11 Å². The second kappa shape index (κ2) is 3.60. The summed E-state index contributed by atoms with van der Waals surface area (Å²) in [5.74, 6) is 0. The first-order chi connectivity index (χ1) is 4.74. The molecule has 1 aliphatic heterocycles. The van der Waals surface area contributed by atoms with Gasteiger partial charge in [0.15, 0.2) is 0 Å². The van der Waals surface area contributed by atoms with Crippen molar-refractivity contribution in [1.82, 2.24) is 4.31 Å². The molecular formula is C7H15NOS. The van der Waals surface area contributed by atoms with E-state index in [1.807, 2.05) is 0 Å². The molecule has 0 aromatic heterocycles. The Kier molecular flexibility index (Phi) is 3.01. The van der Waals surface area contributed by atoms with E-state index in [1.54, 1.807) is 11.9 Å². The molecule has 1 N–H and O–H groups in total. The van der Waals surface area contributed by atoms with Crippen LogP contribution in [-0.4, -0.2) is 34.4 Å². The van der Waals surface area contributed by atoms with Crippen molar-refractivity contribution in [3.63, 3.8) is 0 Å². The lowest BCUT2D eigenvalue weighted by atomic mass is 10.0. The Hall–Kier alpha value is 0.270. The van der Waals surface area contributed by atoms with Gasteiger partial charge in [-0.3, -0.25) is 0 Å². The first-order valence-corrected chi connectivity index (χ1v) is 4.91. The van der Waals surface area contributed by atoms with Gasteiger partial charge in [-0.05, 0) is 26.0 Å². The van der Waals surface area contributed by atoms with Gasteiger partial charge in [0.1, 0.15) is 0 Å². The van der Waals surface area contributed by atoms with Gasteiger partial charge in [0.25, 0.3) is 0 Å². The van der Waals surface area contributed by atoms with Gasteiger partial charge in [-0.15, -0.1) is 0 Å². The van der Waals surface area contributed by atoms with Gasteiger partial charge >= 0.3 is 0 Å². The molecule has 1 saturated heterocycles. The van der Waals surface area contributed by atoms with Crippen LogP contribution in [-0.2, 0) is 0 Å². The Morgan fingerprint density at radius 1 is 1.60 bits per heavy atom. The number of hydrogen-bond acceptors (Lipinski definition) is 3. The van der Waals surface area contributed by atoms with Crippen molar-refractivity contribution in [3.05, 3.63) is 0 Å². The lowest BCUT2D eigenvalue weighted by molar-refractivity contribution is 0.0911. The summed E-state index contributed by atoms with van der Waals surface area (Å²) in [5.41, 5.74) is 0. The van der Waals surface area contributed by atoms with Crippen LogP contribution >= 0.6 is 11.9 Å². The maximum atomic E-state index is 9.26. The first kappa shape index (κ1) is 8.37. The van der Waals surface area contributed by atoms with Crippen LogP contribution in [0.2, 0.25) is 0 Å². The summed E-state index contributed by atoms with van der Waals surface area (Å²) >= 11 is 1.78. The van der Waals surface area contributed by atoms with Gasteiger partial charge in [0.05, 0.1) is 6.10 Å². The maximum Gasteiger partial charge on any atom is 0.0568 e. The predicted molar refractivity (Wildman–Crippen MR) is 44.9 cm³/mol. The average molecular weight is 161 g/mol. The highest BCUT2D eigenvalue weighted by Crippen LogP contribution is 2.22. The summed E-state index contributed by atoms with van der Waals surface area (Å²) < 4.78 is 2.33. The minimum atomic E-state index is -0.0570. The molecule has 1 fully saturated rings. The third-order valence-electron chi connectivity index (χ3n) is 2.02. The summed E-state index contributed by atoms with van der Waals surface area (Å²) in [6.45, 7) is 3.20. The van der Waals surface area contributed by atoms with Crippen LogP contribution in [0.1, 0.15) is 19.8 Å². The number of piperidine rings is 1. The zero-order valence-electron chi connectivity index (χ0n) is 6.58. The molecule has 0 aliphatic carbocycles. The number of nitrogens with zero attached hydrogens (tertiary/aromatic N) is 1. The fraction of sp³-hybridized carbons (Fsp3) is 1.00. The van der Waals surface area contributed by atoms with Crippen LogP contribution < -0.4 is 0 Å². The highest BCUT2D eigenvalue weighted by molar-refractivity contribution is 7.96. The van der Waals surface area contributed by atoms with E-state index in [9.17, 15) is 5.11 Å². The van der Waals surface area contributed by atoms with Crippen LogP contribution in [0, 0.1) is 0 Å². The molecule has 10 heavy (non-hydrogen) atoms. The smallest absolute Gasteiger partial charge is 0.0568 e. The lowest BCUT2D eigenvalue weighted by Gasteiger charge is -2.33. The van der Waals surface area contributed by atoms with E-state index >= 15 is 0 Å². The highest BCUT2D eigenvalue weighted by atomic mass is 32.2. The average Bonchev–Trinajstić information content (AvgIpc) is 1.88. The van der Waals surface area contributed by atoms with Gasteiger partial charge in [0.2, 0.25) is 0 Å². The molecule has 0 aromatic carbocycles. The molecule has 1 heterocycles. The standard InChI is InChI=1S/C7H15NOS/c1-6-5-7(9)3-4-8(6)10-2/h6-7,9H,3-5H2,1-2H3/t6-,7+/m1/s1. The Labute approximate surface area is 66.7 Å². The number of rotatable bonds is 1. The van der Waals surface area contributed by atoms with E-state index in [2.05, 4.69) is 17.5 Å². The van der Waals surface area contributed by atoms with Crippen LogP contribution in [0.3, 0.4) is 0 Å². The van der Waals surface area contributed by atoms with E-state index in [1.165, 1.54) is 0 Å². The van der Waals surface area contributed by atoms with E-state index in [-0.39, 0.29) is 6.10 Å². The normalized spacial score (nSPS) is 36.3. The summed E-state index contributed by atoms with van der Waals surface area (Å²) in [6, 6.07) is 0.541. The van der Waals surface area contributed by atoms with Crippen molar-refractivity contribution in [2.24, 2.45) is 0 Å². The number of hydrogen-bond donors (Lipinski definition) is 1. The topological polar surface area (TPSA) is 23.5 Å². The molecule has 1 aliphatic rings. The van der Waals surface area contributed by atoms with E-state index < -0.39 is 0 Å². The molecule has 0 spiro atoms. The molecule has 0 aromatic rings. The van der Waals surface area contributed by atoms with E-state index in [0.29, 0.717) is 6.04 Å². The molecule has 2 nitrogen and oxygen atoms in total. The predicted octanol–water partition coefficient (Wildman–Crippen LogP) is 1.11. The molecular weight excluding hydrogens is 146 g/mol. The highest BCUT2D eigenvalue weighted by Gasteiger charge is 2.22. The zero-order valence-corrected chi connectivity index (χ0v) is 7.40. The summed E-state index contributed by atoms with van der Waals surface area (Å²) in [7, 11) is 0. The molecule has 0 saturated carbocycles. The quantitative estimate of drug-likeness (QED) is 0.583. The second-order valence-electron chi connectivity index (χ2n) is 2.85. The van der Waals surface area contributed by atoms with Crippen molar-refractivity contribution in [1.29, 1.82) is 0 Å². The molecule has 3 heteroatoms. The molecule has 0 amide bonds. The summed E-state index contributed by atoms with van der Waals surface area (Å²) in [4.78, 5) is 0. The minimum absolute atomic E-state index is 0.0570. The summed E-state index contributed by atoms with van der Waals surface area (Å²) in [5, 5.41) is 9.26. The number of aliphatic hydroxyl groups is 1. The molecule has 2 atom stereocenters. The van der Waals surface area contributed by atoms with Crippen molar-refractivity contribution >= 4 is 11.9 Å². The Morgan fingerprint density at radius 2 is 2.30 bits per heavy atom. The van der Waals surface area contributed by atoms with E-state index in [0.717, 1.165) is 19.4 Å². The second-order valence-corrected chi connectivity index (χ2v) is 3.68. The van der Waals surface area contributed by atoms with Crippen LogP contribution in [0.5, 0.6) is 0 Å². The zero-order chi connectivity index (χ0) is 7.56. The molecule has 1 rings (SSSR count). The van der Waals surface area contributed by atoms with Crippen LogP contribution in [0.4, 0.5) is 0 Å². The van der Waals surface area contributed by atoms with E-state index in [4.69, 9.17) is 0 Å². The minimum Gasteiger partial charge on any atom is -0.393 e. The molecule has 0 radical (unpaired) electrons. The monoisotopic (exact) mass is 161 g/mol. The fourth-order valence-electron chi connectivity index (χ4n) is 1.40. The van der Waals surface area contributed by atoms with Crippen LogP contribution in [0.25, 0.3) is 0 Å². The van der Waals surface area contributed by atoms with Crippen molar-refractivity contribution in [3.8, 4) is 0 Å². The Balaban J connectivity index is 2.36. The van der Waals surface area contributed by atoms with Crippen LogP contribution in [0.15, 0.2) is 0 Å². The third kappa shape index (κ3) is 1.87. The first-order valence-electron chi connectivity index (χ1n) is 3.73. The number of aliphatic hydroxyl groups excluding tert-OH is 1. The summed E-state index contributed by atoms with van der Waals surface area (Å²) in [6.07, 6.45) is 3.90. The van der Waals surface area contributed by atoms with Gasteiger partial charge < -0.3 is 5.11 Å². The van der Waals surface area contributed by atoms with Crippen molar-refractivity contribution in [2.75, 3.05) is 12.8 Å². The largest absolute Gasteiger partial charge is 0.393 e. The fourth-order valence-corrected chi connectivity index (χ4v) is 2.13. The Morgan fingerprint density at radius 3 is 2.80 bits per heavy atom. The molecule has 0 bridgehead atoms. The van der Waals surface area contributed by atoms with Gasteiger partial charge in [-0.2, -0.15) is 0 Å². The maximum absolute atomic E-state index is 9.26. The molecule has 0 unspecified atom stereocenters. The molecule has 60 valence electrons. The van der Waals surface area contributed by atoms with Gasteiger partial charge in [-0.1, -0.05) is 11.9 Å². The van der Waals surface area contributed by atoms with Gasteiger partial charge in [-0.25, -0.2) is 4.31 Å². The van der Waals surface area contributed by atoms with Crippen molar-refractivity contribution in [2.45, 2.75) is 31.9 Å². The lowest BCUT2D eigenvalue weighted by Crippen LogP contribution is -2.37. The third-order valence-corrected chi connectivity index (χ3v) is 3.03. The SMILES string of the molecule is CSN1CC[C@H](O)C[C@H]1C.